The van der Waals surface area contributed by atoms with E-state index in [1.54, 1.807) is 7.11 Å². The first kappa shape index (κ1) is 11.3. The second-order valence-electron chi connectivity index (χ2n) is 3.27. The zero-order valence-electron chi connectivity index (χ0n) is 8.64. The Balaban J connectivity index is 3.03. The van der Waals surface area contributed by atoms with E-state index in [0.29, 0.717) is 6.54 Å². The fraction of sp³-hybridized carbons (Fsp3) is 0.455. The maximum Gasteiger partial charge on any atom is 0.126 e. The highest BCUT2D eigenvalue weighted by Gasteiger charge is 2.09. The normalized spacial score (nSPS) is 10.3. The predicted molar refractivity (Wildman–Crippen MR) is 60.1 cm³/mol. The number of ether oxygens (including phenoxy) is 1. The van der Waals surface area contributed by atoms with Crippen LogP contribution in [0.3, 0.4) is 0 Å². The van der Waals surface area contributed by atoms with Crippen molar-refractivity contribution in [3.63, 3.8) is 0 Å². The molecule has 0 aliphatic carbocycles. The second-order valence-corrected chi connectivity index (χ2v) is 3.68. The first-order chi connectivity index (χ1) is 6.70. The SMILES string of the molecule is COc1c(C)ccc(Cl)c1CCCN. The molecule has 1 aromatic rings. The minimum absolute atomic E-state index is 0.674. The third kappa shape index (κ3) is 2.40. The van der Waals surface area contributed by atoms with Gasteiger partial charge in [0.1, 0.15) is 5.75 Å². The monoisotopic (exact) mass is 213 g/mol. The Labute approximate surface area is 90.0 Å². The third-order valence-corrected chi connectivity index (χ3v) is 2.59. The van der Waals surface area contributed by atoms with Crippen LogP contribution in [0.2, 0.25) is 5.02 Å². The number of halogens is 1. The molecule has 0 saturated heterocycles. The van der Waals surface area contributed by atoms with Gasteiger partial charge in [0.15, 0.2) is 0 Å². The van der Waals surface area contributed by atoms with E-state index in [0.717, 1.165) is 34.7 Å². The molecule has 0 heterocycles. The van der Waals surface area contributed by atoms with Gasteiger partial charge in [0, 0.05) is 10.6 Å². The molecule has 2 N–H and O–H groups in total. The fourth-order valence-corrected chi connectivity index (χ4v) is 1.76. The van der Waals surface area contributed by atoms with Gasteiger partial charge in [-0.15, -0.1) is 0 Å². The van der Waals surface area contributed by atoms with Gasteiger partial charge in [0.2, 0.25) is 0 Å². The largest absolute Gasteiger partial charge is 0.496 e. The molecule has 1 rings (SSSR count). The highest BCUT2D eigenvalue weighted by Crippen LogP contribution is 2.30. The van der Waals surface area contributed by atoms with Gasteiger partial charge < -0.3 is 10.5 Å². The highest BCUT2D eigenvalue weighted by molar-refractivity contribution is 6.31. The van der Waals surface area contributed by atoms with Gasteiger partial charge in [-0.2, -0.15) is 0 Å². The number of methoxy groups -OCH3 is 1. The molecule has 0 aliphatic heterocycles. The van der Waals surface area contributed by atoms with Gasteiger partial charge in [0.25, 0.3) is 0 Å². The Morgan fingerprint density at radius 3 is 2.71 bits per heavy atom. The average Bonchev–Trinajstić information content (AvgIpc) is 2.19. The molecular formula is C11H16ClNO. The van der Waals surface area contributed by atoms with Gasteiger partial charge >= 0.3 is 0 Å². The van der Waals surface area contributed by atoms with Crippen LogP contribution in [0.1, 0.15) is 17.5 Å². The van der Waals surface area contributed by atoms with E-state index in [1.165, 1.54) is 0 Å². The molecule has 2 nitrogen and oxygen atoms in total. The Morgan fingerprint density at radius 2 is 2.14 bits per heavy atom. The summed E-state index contributed by atoms with van der Waals surface area (Å²) < 4.78 is 5.33. The molecule has 3 heteroatoms. The topological polar surface area (TPSA) is 35.2 Å². The van der Waals surface area contributed by atoms with Crippen LogP contribution in [-0.2, 0) is 6.42 Å². The first-order valence-electron chi connectivity index (χ1n) is 4.72. The zero-order valence-corrected chi connectivity index (χ0v) is 9.40. The minimum Gasteiger partial charge on any atom is -0.496 e. The van der Waals surface area contributed by atoms with E-state index < -0.39 is 0 Å². The number of rotatable bonds is 4. The molecule has 1 aromatic carbocycles. The minimum atomic E-state index is 0.674. The summed E-state index contributed by atoms with van der Waals surface area (Å²) in [6, 6.07) is 3.87. The lowest BCUT2D eigenvalue weighted by molar-refractivity contribution is 0.406. The molecule has 0 atom stereocenters. The molecule has 0 radical (unpaired) electrons. The molecule has 0 fully saturated rings. The Bertz CT molecular complexity index is 312. The van der Waals surface area contributed by atoms with E-state index in [2.05, 4.69) is 0 Å². The lowest BCUT2D eigenvalue weighted by Gasteiger charge is -2.12. The van der Waals surface area contributed by atoms with Gasteiger partial charge in [-0.25, -0.2) is 0 Å². The third-order valence-electron chi connectivity index (χ3n) is 2.24. The van der Waals surface area contributed by atoms with Crippen LogP contribution < -0.4 is 10.5 Å². The summed E-state index contributed by atoms with van der Waals surface area (Å²) in [5.41, 5.74) is 7.66. The molecule has 14 heavy (non-hydrogen) atoms. The Kier molecular flexibility index (Phi) is 4.23. The van der Waals surface area contributed by atoms with Crippen LogP contribution >= 0.6 is 11.6 Å². The molecule has 0 saturated carbocycles. The summed E-state index contributed by atoms with van der Waals surface area (Å²) in [6.45, 7) is 2.69. The molecule has 0 bridgehead atoms. The predicted octanol–water partition coefficient (Wildman–Crippen LogP) is 2.55. The lowest BCUT2D eigenvalue weighted by atomic mass is 10.1. The van der Waals surface area contributed by atoms with Crippen molar-refractivity contribution in [2.45, 2.75) is 19.8 Å². The van der Waals surface area contributed by atoms with Crippen LogP contribution in [0, 0.1) is 6.92 Å². The molecule has 0 aliphatic rings. The van der Waals surface area contributed by atoms with Crippen LogP contribution in [0.15, 0.2) is 12.1 Å². The summed E-state index contributed by atoms with van der Waals surface area (Å²) in [4.78, 5) is 0. The van der Waals surface area contributed by atoms with Crippen LogP contribution in [0.25, 0.3) is 0 Å². The van der Waals surface area contributed by atoms with E-state index in [4.69, 9.17) is 22.1 Å². The molecule has 78 valence electrons. The van der Waals surface area contributed by atoms with Gasteiger partial charge in [0.05, 0.1) is 7.11 Å². The number of hydrogen-bond acceptors (Lipinski definition) is 2. The maximum absolute atomic E-state index is 6.10. The van der Waals surface area contributed by atoms with E-state index in [1.807, 2.05) is 19.1 Å². The van der Waals surface area contributed by atoms with Crippen molar-refractivity contribution in [2.24, 2.45) is 5.73 Å². The van der Waals surface area contributed by atoms with Crippen molar-refractivity contribution in [2.75, 3.05) is 13.7 Å². The molecule has 0 spiro atoms. The quantitative estimate of drug-likeness (QED) is 0.835. The van der Waals surface area contributed by atoms with E-state index in [9.17, 15) is 0 Å². The number of hydrogen-bond donors (Lipinski definition) is 1. The van der Waals surface area contributed by atoms with Crippen molar-refractivity contribution in [3.8, 4) is 5.75 Å². The summed E-state index contributed by atoms with van der Waals surface area (Å²) >= 11 is 6.10. The fourth-order valence-electron chi connectivity index (χ4n) is 1.52. The van der Waals surface area contributed by atoms with Gasteiger partial charge in [-0.05, 0) is 37.9 Å². The maximum atomic E-state index is 6.10. The van der Waals surface area contributed by atoms with Crippen LogP contribution in [-0.4, -0.2) is 13.7 Å². The van der Waals surface area contributed by atoms with Crippen molar-refractivity contribution >= 4 is 11.6 Å². The van der Waals surface area contributed by atoms with Crippen molar-refractivity contribution in [1.82, 2.24) is 0 Å². The van der Waals surface area contributed by atoms with E-state index >= 15 is 0 Å². The number of benzene rings is 1. The summed E-state index contributed by atoms with van der Waals surface area (Å²) in [5, 5.41) is 0.765. The molecule has 0 aromatic heterocycles. The first-order valence-corrected chi connectivity index (χ1v) is 5.10. The van der Waals surface area contributed by atoms with Crippen molar-refractivity contribution in [1.29, 1.82) is 0 Å². The van der Waals surface area contributed by atoms with Crippen molar-refractivity contribution < 1.29 is 4.74 Å². The zero-order chi connectivity index (χ0) is 10.6. The van der Waals surface area contributed by atoms with Crippen LogP contribution in [0.4, 0.5) is 0 Å². The second kappa shape index (κ2) is 5.23. The average molecular weight is 214 g/mol. The Hall–Kier alpha value is -0.730. The molecule has 0 amide bonds. The Morgan fingerprint density at radius 1 is 1.43 bits per heavy atom. The lowest BCUT2D eigenvalue weighted by Crippen LogP contribution is -2.02. The summed E-state index contributed by atoms with van der Waals surface area (Å²) in [5.74, 6) is 0.894. The molecular weight excluding hydrogens is 198 g/mol. The standard InChI is InChI=1S/C11H16ClNO/c1-8-5-6-10(12)9(4-3-7-13)11(8)14-2/h5-6H,3-4,7,13H2,1-2H3. The smallest absolute Gasteiger partial charge is 0.126 e. The summed E-state index contributed by atoms with van der Waals surface area (Å²) in [6.07, 6.45) is 1.81. The van der Waals surface area contributed by atoms with Crippen molar-refractivity contribution in [3.05, 3.63) is 28.3 Å². The van der Waals surface area contributed by atoms with Crippen LogP contribution in [0.5, 0.6) is 5.75 Å². The van der Waals surface area contributed by atoms with Gasteiger partial charge in [-0.3, -0.25) is 0 Å². The molecule has 0 unspecified atom stereocenters. The number of aryl methyl sites for hydroxylation is 1. The highest BCUT2D eigenvalue weighted by atomic mass is 35.5. The number of nitrogens with two attached hydrogens (primary N) is 1. The summed E-state index contributed by atoms with van der Waals surface area (Å²) in [7, 11) is 1.67. The van der Waals surface area contributed by atoms with E-state index in [-0.39, 0.29) is 0 Å². The van der Waals surface area contributed by atoms with Gasteiger partial charge in [-0.1, -0.05) is 17.7 Å².